The van der Waals surface area contributed by atoms with Gasteiger partial charge in [0.2, 0.25) is 12.7 Å². The van der Waals surface area contributed by atoms with Crippen molar-refractivity contribution in [1.82, 2.24) is 13.7 Å². The summed E-state index contributed by atoms with van der Waals surface area (Å²) in [5.41, 5.74) is 12.0. The zero-order valence-electron chi connectivity index (χ0n) is 36.3. The van der Waals surface area contributed by atoms with Gasteiger partial charge in [-0.3, -0.25) is 9.59 Å². The fourth-order valence-corrected chi connectivity index (χ4v) is 9.52. The van der Waals surface area contributed by atoms with Gasteiger partial charge in [0.25, 0.3) is 0 Å². The van der Waals surface area contributed by atoms with Crippen molar-refractivity contribution in [3.05, 3.63) is 239 Å². The molecule has 0 atom stereocenters. The van der Waals surface area contributed by atoms with Crippen molar-refractivity contribution in [3.63, 3.8) is 0 Å². The number of carboxylic acid groups (broad SMARTS) is 1. The minimum Gasteiger partial charge on any atom is -0.478 e. The van der Waals surface area contributed by atoms with E-state index in [0.717, 1.165) is 61.7 Å². The first-order chi connectivity index (χ1) is 32.2. The minimum atomic E-state index is -0.972. The van der Waals surface area contributed by atoms with Crippen LogP contribution < -0.4 is 9.13 Å². The summed E-state index contributed by atoms with van der Waals surface area (Å²) in [6, 6.07) is 49.2. The van der Waals surface area contributed by atoms with Crippen LogP contribution in [0, 0.1) is 0 Å². The Labute approximate surface area is 381 Å². The molecule has 3 aromatic heterocycles. The van der Waals surface area contributed by atoms with Crippen LogP contribution in [0.3, 0.4) is 0 Å². The number of carboxylic acids is 1. The molecule has 0 radical (unpaired) electrons. The number of aryl methyl sites for hydroxylation is 1. The lowest BCUT2D eigenvalue weighted by Gasteiger charge is -2.13. The Balaban J connectivity index is 0.937. The molecule has 5 aliphatic rings. The Morgan fingerprint density at radius 1 is 0.515 bits per heavy atom. The minimum absolute atomic E-state index is 0.0581. The van der Waals surface area contributed by atoms with Crippen molar-refractivity contribution in [3.8, 4) is 22.3 Å². The average molecular weight is 864 g/mol. The van der Waals surface area contributed by atoms with E-state index >= 15 is 0 Å². The van der Waals surface area contributed by atoms with E-state index in [1.165, 1.54) is 0 Å². The molecule has 5 aliphatic heterocycles. The van der Waals surface area contributed by atoms with E-state index in [1.54, 1.807) is 0 Å². The predicted molar refractivity (Wildman–Crippen MR) is 255 cm³/mol. The highest BCUT2D eigenvalue weighted by Gasteiger charge is 2.21. The normalized spacial score (nSPS) is 12.9. The Kier molecular flexibility index (Phi) is 10.2. The standard InChI is InChI=1S/C57H44N5O4/c1-2-62-52-24-22-46-30-50(52)51-31-47(23-25-53(51)62)56(64)45-20-12-41(13-21-45)35-61-29-27-59(37-61)33-39-8-16-43(17-9-39)49-5-3-4-48(54(49)57(65)66)42-14-6-38(7-15-42)32-58-26-28-60(36-58)34-40-10-18-44(19-11-40)55(46)63/h3-31,36-37H,2,32-35H2,1H3/q+1/p+1. The van der Waals surface area contributed by atoms with Crippen molar-refractivity contribution in [2.45, 2.75) is 39.6 Å². The molecule has 0 spiro atoms. The second-order valence-electron chi connectivity index (χ2n) is 17.2. The van der Waals surface area contributed by atoms with Crippen molar-refractivity contribution in [2.24, 2.45) is 0 Å². The van der Waals surface area contributed by atoms with Gasteiger partial charge in [-0.2, -0.15) is 0 Å². The van der Waals surface area contributed by atoms with Gasteiger partial charge in [-0.1, -0.05) is 115 Å². The number of fused-ring (bicyclic) bond motifs is 4. The summed E-state index contributed by atoms with van der Waals surface area (Å²) >= 11 is 0. The summed E-state index contributed by atoms with van der Waals surface area (Å²) in [6.07, 6.45) is 12.3. The third kappa shape index (κ3) is 7.60. The van der Waals surface area contributed by atoms with Crippen molar-refractivity contribution in [1.29, 1.82) is 0 Å². The number of rotatable bonds is 2. The van der Waals surface area contributed by atoms with Crippen LogP contribution in [0.15, 0.2) is 189 Å². The number of ketones is 2. The molecule has 10 aromatic rings. The molecule has 320 valence electrons. The summed E-state index contributed by atoms with van der Waals surface area (Å²) in [5.74, 6) is -1.09. The number of hydrogen-bond donors (Lipinski definition) is 1. The van der Waals surface area contributed by atoms with Crippen LogP contribution in [0.2, 0.25) is 0 Å². The van der Waals surface area contributed by atoms with Crippen LogP contribution in [-0.4, -0.2) is 36.3 Å². The second kappa shape index (κ2) is 16.6. The third-order valence-electron chi connectivity index (χ3n) is 12.9. The molecule has 0 amide bonds. The van der Waals surface area contributed by atoms with Gasteiger partial charge < -0.3 is 9.67 Å². The van der Waals surface area contributed by atoms with E-state index in [4.69, 9.17) is 0 Å². The van der Waals surface area contributed by atoms with Gasteiger partial charge in [-0.25, -0.2) is 23.1 Å². The van der Waals surface area contributed by atoms with Gasteiger partial charge in [-0.05, 0) is 87.8 Å². The molecule has 0 fully saturated rings. The number of carbonyl (C=O) groups is 3. The quantitative estimate of drug-likeness (QED) is 0.175. The molecule has 9 nitrogen and oxygen atoms in total. The lowest BCUT2D eigenvalue weighted by molar-refractivity contribution is -0.688. The van der Waals surface area contributed by atoms with Gasteiger partial charge in [0.05, 0.1) is 5.56 Å². The Bertz CT molecular complexity index is 3280. The Hall–Kier alpha value is -8.43. The van der Waals surface area contributed by atoms with Crippen LogP contribution >= 0.6 is 0 Å². The number of aromatic nitrogens is 5. The molecule has 66 heavy (non-hydrogen) atoms. The summed E-state index contributed by atoms with van der Waals surface area (Å²) in [4.78, 5) is 40.8. The maximum atomic E-state index is 14.0. The van der Waals surface area contributed by atoms with E-state index < -0.39 is 5.97 Å². The number of benzene rings is 7. The van der Waals surface area contributed by atoms with E-state index in [1.807, 2.05) is 152 Å². The molecule has 1 N–H and O–H groups in total. The molecule has 0 saturated carbocycles. The van der Waals surface area contributed by atoms with Crippen molar-refractivity contribution in [2.75, 3.05) is 0 Å². The maximum Gasteiger partial charge on any atom is 0.336 e. The zero-order chi connectivity index (χ0) is 44.9. The lowest BCUT2D eigenvalue weighted by atomic mass is 9.91. The largest absolute Gasteiger partial charge is 0.478 e. The molecule has 0 unspecified atom stereocenters. The zero-order valence-corrected chi connectivity index (χ0v) is 36.3. The number of carbonyl (C=O) groups excluding carboxylic acids is 2. The fraction of sp³-hybridized carbons (Fsp3) is 0.105. The number of hydrogen-bond acceptors (Lipinski definition) is 3. The summed E-state index contributed by atoms with van der Waals surface area (Å²) in [6.45, 7) is 5.42. The highest BCUT2D eigenvalue weighted by Crippen LogP contribution is 2.34. The van der Waals surface area contributed by atoms with Gasteiger partial charge in [0.15, 0.2) is 11.6 Å². The molecule has 0 saturated heterocycles. The van der Waals surface area contributed by atoms with Gasteiger partial charge in [-0.15, -0.1) is 0 Å². The Morgan fingerprint density at radius 3 is 1.32 bits per heavy atom. The average Bonchev–Trinajstić information content (AvgIpc) is 4.08. The summed E-state index contributed by atoms with van der Waals surface area (Å²) < 4.78 is 10.7. The van der Waals surface area contributed by atoms with E-state index in [2.05, 4.69) is 66.7 Å². The molecule has 15 rings (SSSR count). The second-order valence-corrected chi connectivity index (χ2v) is 17.2. The topological polar surface area (TPSA) is 94.0 Å². The molecule has 7 aromatic carbocycles. The van der Waals surface area contributed by atoms with E-state index in [-0.39, 0.29) is 17.1 Å². The SMILES string of the molecule is CCn1c2ccc3cc2c2cc(ccc21)C(=O)c1ccc(cc1)Cn1cc[n+](c1)Cc1ccc(cc1)-c1cccc(c1C(=O)O)-c1ccc(cc1)C[n+]1ccn(c1)Cc1ccc(cc1)C3=O. The first kappa shape index (κ1) is 40.4. The number of imidazole rings is 2. The number of aromatic carboxylic acids is 1. The smallest absolute Gasteiger partial charge is 0.336 e. The van der Waals surface area contributed by atoms with Crippen molar-refractivity contribution < 1.29 is 28.6 Å². The number of nitrogens with zero attached hydrogens (tertiary/aromatic N) is 5. The predicted octanol–water partition coefficient (Wildman–Crippen LogP) is 9.99. The van der Waals surface area contributed by atoms with Gasteiger partial charge in [0.1, 0.15) is 51.0 Å². The molecule has 9 heteroatoms. The van der Waals surface area contributed by atoms with Gasteiger partial charge in [0, 0.05) is 50.6 Å². The third-order valence-corrected chi connectivity index (χ3v) is 12.9. The lowest BCUT2D eigenvalue weighted by Crippen LogP contribution is -2.31. The monoisotopic (exact) mass is 863 g/mol. The molecule has 8 heterocycles. The van der Waals surface area contributed by atoms with Crippen LogP contribution in [0.4, 0.5) is 0 Å². The van der Waals surface area contributed by atoms with Crippen LogP contribution in [-0.2, 0) is 32.7 Å². The summed E-state index contributed by atoms with van der Waals surface area (Å²) in [5, 5.41) is 12.4. The fourth-order valence-electron chi connectivity index (χ4n) is 9.52. The van der Waals surface area contributed by atoms with E-state index in [0.29, 0.717) is 59.6 Å². The highest BCUT2D eigenvalue weighted by atomic mass is 16.4. The first-order valence-electron chi connectivity index (χ1n) is 22.2. The van der Waals surface area contributed by atoms with Crippen molar-refractivity contribution >= 4 is 39.3 Å². The molecular formula is C57H45N5O4+2. The molecule has 18 bridgehead atoms. The van der Waals surface area contributed by atoms with Crippen LogP contribution in [0.1, 0.15) is 71.4 Å². The van der Waals surface area contributed by atoms with Gasteiger partial charge >= 0.3 is 5.97 Å². The van der Waals surface area contributed by atoms with Crippen LogP contribution in [0.25, 0.3) is 44.1 Å². The van der Waals surface area contributed by atoms with Crippen LogP contribution in [0.5, 0.6) is 0 Å². The first-order valence-corrected chi connectivity index (χ1v) is 22.2. The molecule has 0 aliphatic carbocycles. The Morgan fingerprint density at radius 2 is 0.909 bits per heavy atom. The highest BCUT2D eigenvalue weighted by molar-refractivity contribution is 6.17. The maximum absolute atomic E-state index is 14.0. The molecular weight excluding hydrogens is 819 g/mol. The summed E-state index contributed by atoms with van der Waals surface area (Å²) in [7, 11) is 0. The van der Waals surface area contributed by atoms with E-state index in [9.17, 15) is 19.5 Å².